The van der Waals surface area contributed by atoms with Gasteiger partial charge in [-0.1, -0.05) is 59.7 Å². The van der Waals surface area contributed by atoms with E-state index in [1.54, 1.807) is 24.3 Å². The fourth-order valence-electron chi connectivity index (χ4n) is 2.00. The third-order valence-corrected chi connectivity index (χ3v) is 4.90. The van der Waals surface area contributed by atoms with E-state index in [1.165, 1.54) is 5.56 Å². The van der Waals surface area contributed by atoms with Gasteiger partial charge >= 0.3 is 0 Å². The van der Waals surface area contributed by atoms with Crippen LogP contribution in [0.1, 0.15) is 23.6 Å². The molecule has 0 saturated carbocycles. The largest absolute Gasteiger partial charge is 0.241 e. The van der Waals surface area contributed by atoms with Crippen molar-refractivity contribution in [1.82, 2.24) is 4.72 Å². The second kappa shape index (κ2) is 6.90. The van der Waals surface area contributed by atoms with Crippen LogP contribution < -0.4 is 4.72 Å². The van der Waals surface area contributed by atoms with Crippen LogP contribution in [0.25, 0.3) is 6.08 Å². The van der Waals surface area contributed by atoms with Crippen LogP contribution in [0, 0.1) is 13.8 Å². The Hall–Kier alpha value is -1.91. The molecule has 0 fully saturated rings. The van der Waals surface area contributed by atoms with Crippen molar-refractivity contribution in [1.29, 1.82) is 0 Å². The standard InChI is InChI=1S/C18H21NO2S/c1-14-4-9-17(10-5-14)11-8-16(3)19-22(20,21)18-12-6-15(2)7-13-18/h4-13,16,19H,1-3H3/b11-8+. The Morgan fingerprint density at radius 3 is 1.95 bits per heavy atom. The lowest BCUT2D eigenvalue weighted by Gasteiger charge is -2.11. The minimum Gasteiger partial charge on any atom is -0.207 e. The van der Waals surface area contributed by atoms with Crippen molar-refractivity contribution in [3.8, 4) is 0 Å². The summed E-state index contributed by atoms with van der Waals surface area (Å²) in [5.74, 6) is 0. The zero-order valence-electron chi connectivity index (χ0n) is 13.1. The summed E-state index contributed by atoms with van der Waals surface area (Å²) in [4.78, 5) is 0.286. The minimum atomic E-state index is -3.49. The van der Waals surface area contributed by atoms with Gasteiger partial charge in [0, 0.05) is 6.04 Å². The van der Waals surface area contributed by atoms with Crippen LogP contribution in [-0.2, 0) is 10.0 Å². The van der Waals surface area contributed by atoms with Crippen LogP contribution in [0.4, 0.5) is 0 Å². The molecule has 1 N–H and O–H groups in total. The average molecular weight is 315 g/mol. The van der Waals surface area contributed by atoms with Crippen LogP contribution >= 0.6 is 0 Å². The van der Waals surface area contributed by atoms with Crippen molar-refractivity contribution in [3.05, 3.63) is 71.3 Å². The zero-order chi connectivity index (χ0) is 16.2. The molecule has 2 aromatic rings. The van der Waals surface area contributed by atoms with Gasteiger partial charge < -0.3 is 0 Å². The van der Waals surface area contributed by atoms with E-state index in [2.05, 4.69) is 4.72 Å². The van der Waals surface area contributed by atoms with Crippen LogP contribution in [-0.4, -0.2) is 14.5 Å². The monoisotopic (exact) mass is 315 g/mol. The van der Waals surface area contributed by atoms with Crippen LogP contribution in [0.15, 0.2) is 59.5 Å². The van der Waals surface area contributed by atoms with E-state index in [1.807, 2.05) is 57.2 Å². The van der Waals surface area contributed by atoms with Gasteiger partial charge in [-0.15, -0.1) is 0 Å². The van der Waals surface area contributed by atoms with Gasteiger partial charge in [0.15, 0.2) is 0 Å². The quantitative estimate of drug-likeness (QED) is 0.915. The lowest BCUT2D eigenvalue weighted by molar-refractivity contribution is 0.576. The molecule has 0 aliphatic carbocycles. The number of nitrogens with one attached hydrogen (secondary N) is 1. The molecule has 116 valence electrons. The molecule has 0 heterocycles. The second-order valence-electron chi connectivity index (χ2n) is 5.49. The molecule has 0 aromatic heterocycles. The summed E-state index contributed by atoms with van der Waals surface area (Å²) >= 11 is 0. The molecule has 0 bridgehead atoms. The van der Waals surface area contributed by atoms with Crippen molar-refractivity contribution in [3.63, 3.8) is 0 Å². The van der Waals surface area contributed by atoms with E-state index in [0.717, 1.165) is 11.1 Å². The van der Waals surface area contributed by atoms with Crippen molar-refractivity contribution < 1.29 is 8.42 Å². The highest BCUT2D eigenvalue weighted by atomic mass is 32.2. The van der Waals surface area contributed by atoms with Gasteiger partial charge in [0.1, 0.15) is 0 Å². The lowest BCUT2D eigenvalue weighted by Crippen LogP contribution is -2.31. The minimum absolute atomic E-state index is 0.285. The van der Waals surface area contributed by atoms with Gasteiger partial charge in [-0.25, -0.2) is 13.1 Å². The number of aryl methyl sites for hydroxylation is 2. The van der Waals surface area contributed by atoms with Crippen molar-refractivity contribution in [2.45, 2.75) is 31.7 Å². The summed E-state index contributed by atoms with van der Waals surface area (Å²) in [6.45, 7) is 5.78. The molecule has 3 nitrogen and oxygen atoms in total. The fraction of sp³-hybridized carbons (Fsp3) is 0.222. The summed E-state index contributed by atoms with van der Waals surface area (Å²) in [5, 5.41) is 0. The summed E-state index contributed by atoms with van der Waals surface area (Å²) in [6.07, 6.45) is 3.76. The molecule has 1 unspecified atom stereocenters. The molecule has 0 spiro atoms. The predicted octanol–water partition coefficient (Wildman–Crippen LogP) is 3.68. The first-order chi connectivity index (χ1) is 10.4. The maximum absolute atomic E-state index is 12.3. The molecular weight excluding hydrogens is 294 g/mol. The topological polar surface area (TPSA) is 46.2 Å². The highest BCUT2D eigenvalue weighted by Crippen LogP contribution is 2.11. The first kappa shape index (κ1) is 16.5. The van der Waals surface area contributed by atoms with Gasteiger partial charge in [-0.3, -0.25) is 0 Å². The molecule has 2 rings (SSSR count). The first-order valence-electron chi connectivity index (χ1n) is 7.21. The van der Waals surface area contributed by atoms with E-state index in [-0.39, 0.29) is 10.9 Å². The molecule has 0 aliphatic heterocycles. The lowest BCUT2D eigenvalue weighted by atomic mass is 10.1. The van der Waals surface area contributed by atoms with E-state index < -0.39 is 10.0 Å². The summed E-state index contributed by atoms with van der Waals surface area (Å²) in [6, 6.07) is 14.6. The van der Waals surface area contributed by atoms with Crippen LogP contribution in [0.3, 0.4) is 0 Å². The molecule has 22 heavy (non-hydrogen) atoms. The van der Waals surface area contributed by atoms with Crippen molar-refractivity contribution in [2.75, 3.05) is 0 Å². The number of hydrogen-bond donors (Lipinski definition) is 1. The first-order valence-corrected chi connectivity index (χ1v) is 8.69. The highest BCUT2D eigenvalue weighted by Gasteiger charge is 2.15. The maximum Gasteiger partial charge on any atom is 0.241 e. The third-order valence-electron chi connectivity index (χ3n) is 3.33. The Morgan fingerprint density at radius 1 is 0.909 bits per heavy atom. The summed E-state index contributed by atoms with van der Waals surface area (Å²) in [5.41, 5.74) is 3.28. The summed E-state index contributed by atoms with van der Waals surface area (Å²) in [7, 11) is -3.49. The van der Waals surface area contributed by atoms with Crippen molar-refractivity contribution in [2.24, 2.45) is 0 Å². The van der Waals surface area contributed by atoms with Gasteiger partial charge in [-0.05, 0) is 38.5 Å². The predicted molar refractivity (Wildman–Crippen MR) is 91.2 cm³/mol. The SMILES string of the molecule is Cc1ccc(/C=C/C(C)NS(=O)(=O)c2ccc(C)cc2)cc1. The fourth-order valence-corrected chi connectivity index (χ4v) is 3.20. The van der Waals surface area contributed by atoms with E-state index in [0.29, 0.717) is 0 Å². The van der Waals surface area contributed by atoms with E-state index in [4.69, 9.17) is 0 Å². The van der Waals surface area contributed by atoms with Gasteiger partial charge in [0.25, 0.3) is 0 Å². The Balaban J connectivity index is 2.05. The molecule has 0 aliphatic rings. The molecule has 0 radical (unpaired) electrons. The number of sulfonamides is 1. The Morgan fingerprint density at radius 2 is 1.41 bits per heavy atom. The van der Waals surface area contributed by atoms with Crippen LogP contribution in [0.5, 0.6) is 0 Å². The molecule has 1 atom stereocenters. The van der Waals surface area contributed by atoms with Crippen LogP contribution in [0.2, 0.25) is 0 Å². The normalized spacial score (nSPS) is 13.4. The molecule has 4 heteroatoms. The number of hydrogen-bond acceptors (Lipinski definition) is 2. The summed E-state index contributed by atoms with van der Waals surface area (Å²) < 4.78 is 27.2. The number of benzene rings is 2. The van der Waals surface area contributed by atoms with Gasteiger partial charge in [0.2, 0.25) is 10.0 Å². The van der Waals surface area contributed by atoms with Gasteiger partial charge in [0.05, 0.1) is 4.90 Å². The van der Waals surface area contributed by atoms with E-state index in [9.17, 15) is 8.42 Å². The van der Waals surface area contributed by atoms with Gasteiger partial charge in [-0.2, -0.15) is 0 Å². The average Bonchev–Trinajstić information content (AvgIpc) is 2.46. The third kappa shape index (κ3) is 4.55. The maximum atomic E-state index is 12.3. The molecule has 0 saturated heterocycles. The van der Waals surface area contributed by atoms with E-state index >= 15 is 0 Å². The second-order valence-corrected chi connectivity index (χ2v) is 7.21. The number of rotatable bonds is 5. The molecule has 2 aromatic carbocycles. The molecular formula is C18H21NO2S. The Labute approximate surface area is 132 Å². The van der Waals surface area contributed by atoms with Crippen molar-refractivity contribution >= 4 is 16.1 Å². The molecule has 0 amide bonds. The highest BCUT2D eigenvalue weighted by molar-refractivity contribution is 7.89. The Bertz CT molecular complexity index is 745. The smallest absolute Gasteiger partial charge is 0.207 e. The zero-order valence-corrected chi connectivity index (χ0v) is 13.9. The Kier molecular flexibility index (Phi) is 5.16.